The van der Waals surface area contributed by atoms with Gasteiger partial charge in [0.2, 0.25) is 11.9 Å². The molecule has 1 aliphatic rings. The topological polar surface area (TPSA) is 66.3 Å². The average Bonchev–Trinajstić information content (AvgIpc) is 3.44. The predicted molar refractivity (Wildman–Crippen MR) is 133 cm³/mol. The Kier molecular flexibility index (Phi) is 6.91. The molecule has 0 aliphatic carbocycles. The van der Waals surface area contributed by atoms with Gasteiger partial charge in [-0.2, -0.15) is 0 Å². The smallest absolute Gasteiger partial charge is 0.237 e. The van der Waals surface area contributed by atoms with Crippen molar-refractivity contribution in [2.45, 2.75) is 30.2 Å². The van der Waals surface area contributed by atoms with Gasteiger partial charge in [0.1, 0.15) is 0 Å². The molecule has 3 aromatic rings. The minimum Gasteiger partial charge on any atom is -0.378 e. The summed E-state index contributed by atoms with van der Waals surface area (Å²) in [6.45, 7) is 3.77. The van der Waals surface area contributed by atoms with Gasteiger partial charge in [0.25, 0.3) is 0 Å². The lowest BCUT2D eigenvalue weighted by Crippen LogP contribution is -2.24. The number of rotatable bonds is 7. The van der Waals surface area contributed by atoms with E-state index in [2.05, 4.69) is 20.4 Å². The standard InChI is InChI=1S/C23H27ClN6OS/c1-16(21(31)25-18-9-11-19(12-10-18)28(2)3)32-23-27-26-22(29-13-4-5-14-29)30(23)20-8-6-7-17(24)15-20/h6-12,15-16H,4-5,13-14H2,1-3H3,(H,25,31). The Morgan fingerprint density at radius 1 is 1.12 bits per heavy atom. The number of carbonyl (C=O) groups is 1. The molecular formula is C23H27ClN6OS. The molecule has 2 aromatic carbocycles. The molecule has 1 atom stereocenters. The van der Waals surface area contributed by atoms with Crippen molar-refractivity contribution in [3.05, 3.63) is 53.6 Å². The van der Waals surface area contributed by atoms with E-state index in [4.69, 9.17) is 11.6 Å². The summed E-state index contributed by atoms with van der Waals surface area (Å²) >= 11 is 7.65. The van der Waals surface area contributed by atoms with E-state index in [-0.39, 0.29) is 11.2 Å². The van der Waals surface area contributed by atoms with Crippen LogP contribution in [-0.2, 0) is 4.79 Å². The normalized spacial score (nSPS) is 14.4. The molecule has 168 valence electrons. The predicted octanol–water partition coefficient (Wildman–Crippen LogP) is 4.71. The number of anilines is 3. The quantitative estimate of drug-likeness (QED) is 0.504. The van der Waals surface area contributed by atoms with Gasteiger partial charge in [-0.25, -0.2) is 0 Å². The summed E-state index contributed by atoms with van der Waals surface area (Å²) in [7, 11) is 3.97. The van der Waals surface area contributed by atoms with Crippen molar-refractivity contribution >= 4 is 46.6 Å². The summed E-state index contributed by atoms with van der Waals surface area (Å²) < 4.78 is 2.00. The SMILES string of the molecule is CC(Sc1nnc(N2CCCC2)n1-c1cccc(Cl)c1)C(=O)Nc1ccc(N(C)C)cc1. The van der Waals surface area contributed by atoms with E-state index < -0.39 is 0 Å². The van der Waals surface area contributed by atoms with E-state index in [0.717, 1.165) is 48.9 Å². The van der Waals surface area contributed by atoms with Crippen LogP contribution in [0.4, 0.5) is 17.3 Å². The van der Waals surface area contributed by atoms with Crippen molar-refractivity contribution in [3.63, 3.8) is 0 Å². The first-order valence-electron chi connectivity index (χ1n) is 10.6. The average molecular weight is 471 g/mol. The Morgan fingerprint density at radius 3 is 2.50 bits per heavy atom. The minimum atomic E-state index is -0.364. The highest BCUT2D eigenvalue weighted by Gasteiger charge is 2.25. The number of halogens is 1. The van der Waals surface area contributed by atoms with Crippen molar-refractivity contribution in [1.82, 2.24) is 14.8 Å². The number of carbonyl (C=O) groups excluding carboxylic acids is 1. The number of nitrogens with zero attached hydrogens (tertiary/aromatic N) is 5. The number of benzene rings is 2. The third-order valence-corrected chi connectivity index (χ3v) is 6.65. The number of thioether (sulfide) groups is 1. The Balaban J connectivity index is 1.54. The molecule has 1 aliphatic heterocycles. The summed E-state index contributed by atoms with van der Waals surface area (Å²) in [5, 5.41) is 12.8. The zero-order valence-corrected chi connectivity index (χ0v) is 20.0. The van der Waals surface area contributed by atoms with Crippen molar-refractivity contribution < 1.29 is 4.79 Å². The van der Waals surface area contributed by atoms with Crippen LogP contribution in [-0.4, -0.2) is 53.1 Å². The molecule has 1 N–H and O–H groups in total. The van der Waals surface area contributed by atoms with Crippen LogP contribution in [0.1, 0.15) is 19.8 Å². The second kappa shape index (κ2) is 9.83. The molecule has 1 fully saturated rings. The molecule has 0 spiro atoms. The zero-order valence-electron chi connectivity index (χ0n) is 18.5. The van der Waals surface area contributed by atoms with Crippen LogP contribution in [0.25, 0.3) is 5.69 Å². The van der Waals surface area contributed by atoms with Gasteiger partial charge in [-0.05, 0) is 62.2 Å². The molecule has 4 rings (SSSR count). The molecule has 1 amide bonds. The second-order valence-corrected chi connectivity index (χ2v) is 9.73. The van der Waals surface area contributed by atoms with Gasteiger partial charge in [-0.15, -0.1) is 10.2 Å². The van der Waals surface area contributed by atoms with Crippen LogP contribution in [0.2, 0.25) is 5.02 Å². The summed E-state index contributed by atoms with van der Waals surface area (Å²) in [6.07, 6.45) is 2.27. The molecule has 7 nitrogen and oxygen atoms in total. The summed E-state index contributed by atoms with van der Waals surface area (Å²) in [5.41, 5.74) is 2.73. The highest BCUT2D eigenvalue weighted by atomic mass is 35.5. The minimum absolute atomic E-state index is 0.0871. The van der Waals surface area contributed by atoms with E-state index >= 15 is 0 Å². The van der Waals surface area contributed by atoms with Crippen molar-refractivity contribution in [2.24, 2.45) is 0 Å². The fraction of sp³-hybridized carbons (Fsp3) is 0.348. The Hall–Kier alpha value is -2.71. The summed E-state index contributed by atoms with van der Waals surface area (Å²) in [6, 6.07) is 15.4. The number of aromatic nitrogens is 3. The van der Waals surface area contributed by atoms with Gasteiger partial charge >= 0.3 is 0 Å². The maximum Gasteiger partial charge on any atom is 0.237 e. The Bertz CT molecular complexity index is 1080. The number of nitrogens with one attached hydrogen (secondary N) is 1. The molecule has 32 heavy (non-hydrogen) atoms. The van der Waals surface area contributed by atoms with Crippen molar-refractivity contribution in [2.75, 3.05) is 42.3 Å². The van der Waals surface area contributed by atoms with E-state index in [0.29, 0.717) is 10.2 Å². The van der Waals surface area contributed by atoms with E-state index in [1.54, 1.807) is 0 Å². The first kappa shape index (κ1) is 22.5. The third-order valence-electron chi connectivity index (χ3n) is 5.37. The van der Waals surface area contributed by atoms with Gasteiger partial charge in [0.15, 0.2) is 5.16 Å². The fourth-order valence-electron chi connectivity index (χ4n) is 3.60. The fourth-order valence-corrected chi connectivity index (χ4v) is 4.65. The highest BCUT2D eigenvalue weighted by molar-refractivity contribution is 8.00. The third kappa shape index (κ3) is 5.02. The molecule has 2 heterocycles. The van der Waals surface area contributed by atoms with E-state index in [9.17, 15) is 4.79 Å². The molecule has 1 aromatic heterocycles. The first-order valence-corrected chi connectivity index (χ1v) is 11.9. The lowest BCUT2D eigenvalue weighted by atomic mass is 10.2. The summed E-state index contributed by atoms with van der Waals surface area (Å²) in [4.78, 5) is 17.1. The molecular weight excluding hydrogens is 444 g/mol. The van der Waals surface area contributed by atoms with Crippen LogP contribution in [0.3, 0.4) is 0 Å². The number of hydrogen-bond donors (Lipinski definition) is 1. The molecule has 0 bridgehead atoms. The van der Waals surface area contributed by atoms with Gasteiger partial charge < -0.3 is 15.1 Å². The largest absolute Gasteiger partial charge is 0.378 e. The Morgan fingerprint density at radius 2 is 1.84 bits per heavy atom. The number of amides is 1. The van der Waals surface area contributed by atoms with Gasteiger partial charge in [0, 0.05) is 43.6 Å². The van der Waals surface area contributed by atoms with Crippen molar-refractivity contribution in [1.29, 1.82) is 0 Å². The van der Waals surface area contributed by atoms with Crippen LogP contribution in [0.5, 0.6) is 0 Å². The molecule has 1 unspecified atom stereocenters. The lowest BCUT2D eigenvalue weighted by molar-refractivity contribution is -0.115. The maximum absolute atomic E-state index is 12.9. The first-order chi connectivity index (χ1) is 15.4. The van der Waals surface area contributed by atoms with Crippen LogP contribution in [0.15, 0.2) is 53.7 Å². The van der Waals surface area contributed by atoms with Crippen molar-refractivity contribution in [3.8, 4) is 5.69 Å². The Labute approximate surface area is 197 Å². The second-order valence-electron chi connectivity index (χ2n) is 7.98. The van der Waals surface area contributed by atoms with Gasteiger partial charge in [0.05, 0.1) is 10.9 Å². The van der Waals surface area contributed by atoms with E-state index in [1.807, 2.05) is 79.0 Å². The molecule has 1 saturated heterocycles. The number of hydrogen-bond acceptors (Lipinski definition) is 6. The molecule has 0 saturated carbocycles. The van der Waals surface area contributed by atoms with Crippen LogP contribution in [0, 0.1) is 0 Å². The summed E-state index contributed by atoms with van der Waals surface area (Å²) in [5.74, 6) is 0.704. The lowest BCUT2D eigenvalue weighted by Gasteiger charge is -2.19. The highest BCUT2D eigenvalue weighted by Crippen LogP contribution is 2.32. The van der Waals surface area contributed by atoms with Crippen LogP contribution >= 0.6 is 23.4 Å². The zero-order chi connectivity index (χ0) is 22.7. The molecule has 9 heteroatoms. The van der Waals surface area contributed by atoms with Gasteiger partial charge in [-0.3, -0.25) is 9.36 Å². The molecule has 0 radical (unpaired) electrons. The van der Waals surface area contributed by atoms with Crippen LogP contribution < -0.4 is 15.1 Å². The maximum atomic E-state index is 12.9. The van der Waals surface area contributed by atoms with E-state index in [1.165, 1.54) is 11.8 Å². The van der Waals surface area contributed by atoms with Gasteiger partial charge in [-0.1, -0.05) is 29.4 Å². The monoisotopic (exact) mass is 470 g/mol.